The number of para-hydroxylation sites is 2. The lowest BCUT2D eigenvalue weighted by atomic mass is 10.1. The molecule has 6 nitrogen and oxygen atoms in total. The lowest BCUT2D eigenvalue weighted by molar-refractivity contribution is -0.133. The van der Waals surface area contributed by atoms with Crippen LogP contribution in [-0.2, 0) is 9.59 Å². The van der Waals surface area contributed by atoms with Crippen LogP contribution in [0.2, 0.25) is 0 Å². The van der Waals surface area contributed by atoms with E-state index < -0.39 is 81.5 Å². The molecule has 0 bridgehead atoms. The third-order valence-electron chi connectivity index (χ3n) is 6.02. The van der Waals surface area contributed by atoms with Gasteiger partial charge in [-0.15, -0.1) is 0 Å². The Balaban J connectivity index is 0.000000261. The van der Waals surface area contributed by atoms with Crippen molar-refractivity contribution in [2.45, 2.75) is 27.7 Å². The van der Waals surface area contributed by atoms with Crippen molar-refractivity contribution in [3.63, 3.8) is 0 Å². The number of aromatic hydroxyl groups is 2. The van der Waals surface area contributed by atoms with Gasteiger partial charge in [-0.25, -0.2) is 26.3 Å². The third kappa shape index (κ3) is 8.05. The first-order valence-electron chi connectivity index (χ1n) is 12.5. The largest absolute Gasteiger partial charge is 0.503 e. The maximum Gasteiger partial charge on any atom is 0.314 e. The van der Waals surface area contributed by atoms with Crippen LogP contribution in [0.1, 0.15) is 22.3 Å². The summed E-state index contributed by atoms with van der Waals surface area (Å²) >= 11 is 0. The molecule has 4 aromatic carbocycles. The zero-order valence-electron chi connectivity index (χ0n) is 24.0. The number of carbonyl (C=O) groups excluding carboxylic acids is 2. The number of phenolic OH excluding ortho intramolecular Hbond substituents is 2. The summed E-state index contributed by atoms with van der Waals surface area (Å²) in [4.78, 5) is 24.2. The number of anilines is 2. The topological polar surface area (TPSA) is 98.7 Å². The first kappa shape index (κ1) is 36.9. The lowest BCUT2D eigenvalue weighted by Gasteiger charge is -2.13. The Morgan fingerprint density at radius 3 is 0.848 bits per heavy atom. The molecule has 4 N–H and O–H groups in total. The first-order valence-corrected chi connectivity index (χ1v) is 12.5. The van der Waals surface area contributed by atoms with E-state index >= 15 is 0 Å². The second-order valence-corrected chi connectivity index (χ2v) is 9.28. The monoisotopic (exact) mass is 664 g/mol. The second kappa shape index (κ2) is 15.1. The fourth-order valence-corrected chi connectivity index (χ4v) is 3.55. The number of carbonyl (C=O) groups is 2. The van der Waals surface area contributed by atoms with Gasteiger partial charge in [0.15, 0.2) is 11.5 Å². The molecule has 0 fully saturated rings. The second-order valence-electron chi connectivity index (χ2n) is 9.28. The number of halogens is 10. The molecular weight excluding hydrogens is 642 g/mol. The van der Waals surface area contributed by atoms with Crippen molar-refractivity contribution in [2.24, 2.45) is 0 Å². The fraction of sp³-hybridized carbons (Fsp3) is 0.133. The number of hydrogen-bond acceptors (Lipinski definition) is 4. The Morgan fingerprint density at radius 2 is 0.630 bits per heavy atom. The smallest absolute Gasteiger partial charge is 0.314 e. The molecule has 4 aromatic rings. The highest BCUT2D eigenvalue weighted by Gasteiger charge is 2.26. The molecule has 0 heterocycles. The highest BCUT2D eigenvalue weighted by atomic mass is 19.2. The van der Waals surface area contributed by atoms with Crippen LogP contribution in [0.25, 0.3) is 0 Å². The molecule has 0 unspecified atom stereocenters. The van der Waals surface area contributed by atoms with Gasteiger partial charge in [0, 0.05) is 11.4 Å². The van der Waals surface area contributed by atoms with Crippen LogP contribution in [0.15, 0.2) is 36.4 Å². The van der Waals surface area contributed by atoms with Gasteiger partial charge in [0.2, 0.25) is 58.2 Å². The summed E-state index contributed by atoms with van der Waals surface area (Å²) in [6, 6.07) is 11.4. The summed E-state index contributed by atoms with van der Waals surface area (Å²) in [6.07, 6.45) is 0. The van der Waals surface area contributed by atoms with Gasteiger partial charge in [0.25, 0.3) is 0 Å². The highest BCUT2D eigenvalue weighted by molar-refractivity contribution is 6.44. The molecule has 0 saturated carbocycles. The minimum atomic E-state index is -2.29. The summed E-state index contributed by atoms with van der Waals surface area (Å²) < 4.78 is 121. The zero-order chi connectivity index (χ0) is 35.2. The zero-order valence-corrected chi connectivity index (χ0v) is 24.0. The van der Waals surface area contributed by atoms with Crippen LogP contribution >= 0.6 is 0 Å². The van der Waals surface area contributed by atoms with Crippen LogP contribution in [0, 0.1) is 85.9 Å². The van der Waals surface area contributed by atoms with Crippen molar-refractivity contribution < 1.29 is 63.7 Å². The average Bonchev–Trinajstić information content (AvgIpc) is 3.03. The number of rotatable bonds is 2. The maximum atomic E-state index is 12.2. The van der Waals surface area contributed by atoms with E-state index in [-0.39, 0.29) is 0 Å². The Hall–Kier alpha value is -5.28. The Labute approximate surface area is 253 Å². The molecule has 0 radical (unpaired) electrons. The van der Waals surface area contributed by atoms with Crippen LogP contribution in [0.3, 0.4) is 0 Å². The van der Waals surface area contributed by atoms with E-state index in [0.717, 1.165) is 22.3 Å². The molecule has 0 aliphatic carbocycles. The van der Waals surface area contributed by atoms with Gasteiger partial charge in [-0.05, 0) is 49.9 Å². The molecule has 46 heavy (non-hydrogen) atoms. The van der Waals surface area contributed by atoms with Crippen LogP contribution < -0.4 is 10.6 Å². The normalized spacial score (nSPS) is 10.3. The maximum absolute atomic E-state index is 12.2. The van der Waals surface area contributed by atoms with Crippen molar-refractivity contribution in [3.05, 3.63) is 117 Å². The molecule has 2 amide bonds. The van der Waals surface area contributed by atoms with Crippen molar-refractivity contribution in [1.29, 1.82) is 0 Å². The van der Waals surface area contributed by atoms with Gasteiger partial charge in [-0.2, -0.15) is 17.6 Å². The third-order valence-corrected chi connectivity index (χ3v) is 6.02. The summed E-state index contributed by atoms with van der Waals surface area (Å²) in [7, 11) is 0. The van der Waals surface area contributed by atoms with Gasteiger partial charge < -0.3 is 20.8 Å². The predicted molar refractivity (Wildman–Crippen MR) is 145 cm³/mol. The molecule has 0 saturated heterocycles. The molecule has 0 aromatic heterocycles. The highest BCUT2D eigenvalue weighted by Crippen LogP contribution is 2.28. The molecule has 246 valence electrons. The van der Waals surface area contributed by atoms with Crippen molar-refractivity contribution >= 4 is 23.2 Å². The quantitative estimate of drug-likeness (QED) is 0.0765. The van der Waals surface area contributed by atoms with Gasteiger partial charge in [0.05, 0.1) is 0 Å². The van der Waals surface area contributed by atoms with Crippen LogP contribution in [0.4, 0.5) is 55.3 Å². The molecule has 16 heteroatoms. The van der Waals surface area contributed by atoms with E-state index in [4.69, 9.17) is 10.2 Å². The number of phenols is 2. The number of nitrogens with one attached hydrogen (secondary N) is 2. The van der Waals surface area contributed by atoms with Gasteiger partial charge in [-0.3, -0.25) is 9.59 Å². The molecule has 0 spiro atoms. The van der Waals surface area contributed by atoms with Crippen molar-refractivity contribution in [2.75, 3.05) is 10.6 Å². The summed E-state index contributed by atoms with van der Waals surface area (Å²) in [5.74, 6) is -27.2. The molecular formula is C30H22F10N2O4. The van der Waals surface area contributed by atoms with E-state index in [9.17, 15) is 53.5 Å². The summed E-state index contributed by atoms with van der Waals surface area (Å²) in [5, 5.41) is 22.0. The fourth-order valence-electron chi connectivity index (χ4n) is 3.55. The Kier molecular flexibility index (Phi) is 12.1. The molecule has 4 rings (SSSR count). The molecule has 0 atom stereocenters. The van der Waals surface area contributed by atoms with Gasteiger partial charge in [0.1, 0.15) is 0 Å². The summed E-state index contributed by atoms with van der Waals surface area (Å²) in [6.45, 7) is 7.58. The van der Waals surface area contributed by atoms with Crippen molar-refractivity contribution in [3.8, 4) is 11.5 Å². The first-order chi connectivity index (χ1) is 21.3. The SMILES string of the molecule is Cc1cccc(C)c1NC(=O)C(=O)Nc1c(C)cccc1C.Oc1c(F)c(F)c(F)c(F)c1F.Oc1c(F)c(F)c(F)c(F)c1F. The number of amides is 2. The van der Waals surface area contributed by atoms with E-state index in [1.165, 1.54) is 0 Å². The molecule has 0 aliphatic heterocycles. The minimum absolute atomic E-state index is 0.667. The number of aryl methyl sites for hydroxylation is 4. The molecule has 0 aliphatic rings. The lowest BCUT2D eigenvalue weighted by Crippen LogP contribution is -2.30. The van der Waals surface area contributed by atoms with E-state index in [0.29, 0.717) is 11.4 Å². The Bertz CT molecular complexity index is 1430. The van der Waals surface area contributed by atoms with Gasteiger partial charge in [-0.1, -0.05) is 36.4 Å². The Morgan fingerprint density at radius 1 is 0.435 bits per heavy atom. The minimum Gasteiger partial charge on any atom is -0.503 e. The van der Waals surface area contributed by atoms with E-state index in [1.807, 2.05) is 64.1 Å². The van der Waals surface area contributed by atoms with Gasteiger partial charge >= 0.3 is 11.8 Å². The van der Waals surface area contributed by atoms with E-state index in [2.05, 4.69) is 10.6 Å². The number of benzene rings is 4. The van der Waals surface area contributed by atoms with Crippen LogP contribution in [-0.4, -0.2) is 22.0 Å². The average molecular weight is 664 g/mol. The summed E-state index contributed by atoms with van der Waals surface area (Å²) in [5.41, 5.74) is 5.07. The van der Waals surface area contributed by atoms with E-state index in [1.54, 1.807) is 0 Å². The van der Waals surface area contributed by atoms with Crippen molar-refractivity contribution in [1.82, 2.24) is 0 Å². The predicted octanol–water partition coefficient (Wildman–Crippen LogP) is 7.67. The van der Waals surface area contributed by atoms with Crippen LogP contribution in [0.5, 0.6) is 11.5 Å². The number of hydrogen-bond donors (Lipinski definition) is 4. The standard InChI is InChI=1S/C18H20N2O2.2C6HF5O/c1-11-7-5-8-12(2)15(11)19-17(21)18(22)20-16-13(3)9-6-10-14(16)4;2*7-1-2(8)4(10)6(12)5(11)3(1)9/h5-10H,1-4H3,(H,19,21)(H,20,22);2*12H.